The number of carbonyl (C=O) groups excluding carboxylic acids is 2. The lowest BCUT2D eigenvalue weighted by molar-refractivity contribution is -0.123. The monoisotopic (exact) mass is 397 g/mol. The van der Waals surface area contributed by atoms with Crippen LogP contribution in [0.4, 0.5) is 5.69 Å². The Bertz CT molecular complexity index is 1040. The first-order valence-corrected chi connectivity index (χ1v) is 9.90. The predicted octanol–water partition coefficient (Wildman–Crippen LogP) is 3.70. The van der Waals surface area contributed by atoms with E-state index in [1.165, 1.54) is 11.8 Å². The van der Waals surface area contributed by atoms with Gasteiger partial charge in [0.1, 0.15) is 0 Å². The highest BCUT2D eigenvalue weighted by molar-refractivity contribution is 7.99. The summed E-state index contributed by atoms with van der Waals surface area (Å²) in [5, 5.41) is 11.7. The lowest BCUT2D eigenvalue weighted by atomic mass is 9.95. The van der Waals surface area contributed by atoms with Crippen molar-refractivity contribution >= 4 is 34.9 Å². The number of anilines is 1. The van der Waals surface area contributed by atoms with Crippen LogP contribution >= 0.6 is 11.8 Å². The van der Waals surface area contributed by atoms with Crippen molar-refractivity contribution in [1.29, 1.82) is 0 Å². The summed E-state index contributed by atoms with van der Waals surface area (Å²) >= 11 is 1.33. The van der Waals surface area contributed by atoms with E-state index in [-0.39, 0.29) is 17.4 Å². The van der Waals surface area contributed by atoms with Gasteiger partial charge >= 0.3 is 0 Å². The molecule has 0 spiro atoms. The molecule has 0 radical (unpaired) electrons. The maximum atomic E-state index is 12.5. The van der Waals surface area contributed by atoms with E-state index in [4.69, 9.17) is 0 Å². The second kappa shape index (κ2) is 7.71. The zero-order chi connectivity index (χ0) is 20.5. The topological polar surface area (TPSA) is 89.2 Å². The van der Waals surface area contributed by atoms with Gasteiger partial charge in [-0.25, -0.2) is 4.98 Å². The van der Waals surface area contributed by atoms with Gasteiger partial charge in [0.05, 0.1) is 5.75 Å². The largest absolute Gasteiger partial charge is 0.326 e. The van der Waals surface area contributed by atoms with Gasteiger partial charge in [0.2, 0.25) is 5.91 Å². The van der Waals surface area contributed by atoms with Crippen molar-refractivity contribution in [3.05, 3.63) is 47.3 Å². The number of rotatable bonds is 5. The van der Waals surface area contributed by atoms with Crippen LogP contribution < -0.4 is 5.32 Å². The van der Waals surface area contributed by atoms with Crippen LogP contribution in [0.3, 0.4) is 0 Å². The van der Waals surface area contributed by atoms with Crippen LogP contribution in [0.5, 0.6) is 0 Å². The van der Waals surface area contributed by atoms with E-state index in [0.29, 0.717) is 22.2 Å². The Kier molecular flexibility index (Phi) is 5.51. The summed E-state index contributed by atoms with van der Waals surface area (Å²) in [6, 6.07) is 8.88. The maximum Gasteiger partial charge on any atom is 0.256 e. The van der Waals surface area contributed by atoms with Crippen LogP contribution in [0, 0.1) is 19.3 Å². The summed E-state index contributed by atoms with van der Waals surface area (Å²) in [5.41, 5.74) is 2.63. The highest BCUT2D eigenvalue weighted by Crippen LogP contribution is 2.21. The molecular weight excluding hydrogens is 374 g/mol. The van der Waals surface area contributed by atoms with E-state index in [9.17, 15) is 9.59 Å². The minimum Gasteiger partial charge on any atom is -0.326 e. The van der Waals surface area contributed by atoms with Crippen LogP contribution in [0.2, 0.25) is 0 Å². The van der Waals surface area contributed by atoms with Crippen molar-refractivity contribution in [2.24, 2.45) is 5.41 Å². The van der Waals surface area contributed by atoms with Gasteiger partial charge in [-0.3, -0.25) is 14.0 Å². The molecule has 1 amide bonds. The molecule has 2 aromatic heterocycles. The molecule has 0 fully saturated rings. The van der Waals surface area contributed by atoms with Crippen molar-refractivity contribution in [2.75, 3.05) is 11.1 Å². The first-order valence-electron chi connectivity index (χ1n) is 8.92. The smallest absolute Gasteiger partial charge is 0.256 e. The Morgan fingerprint density at radius 1 is 1.11 bits per heavy atom. The molecule has 0 aliphatic rings. The van der Waals surface area contributed by atoms with Gasteiger partial charge in [-0.1, -0.05) is 32.5 Å². The molecule has 0 bridgehead atoms. The zero-order valence-electron chi connectivity index (χ0n) is 16.6. The lowest BCUT2D eigenvalue weighted by Crippen LogP contribution is -2.27. The molecule has 0 atom stereocenters. The molecule has 8 heteroatoms. The first-order chi connectivity index (χ1) is 13.1. The predicted molar refractivity (Wildman–Crippen MR) is 110 cm³/mol. The molecule has 3 rings (SSSR count). The molecule has 1 N–H and O–H groups in total. The number of Topliss-reactive ketones (excluding diaryl/α,β-unsaturated/α-hetero) is 1. The summed E-state index contributed by atoms with van der Waals surface area (Å²) in [6.45, 7) is 9.42. The summed E-state index contributed by atoms with van der Waals surface area (Å²) in [6.07, 6.45) is 0. The molecule has 0 saturated heterocycles. The summed E-state index contributed by atoms with van der Waals surface area (Å²) < 4.78 is 1.84. The van der Waals surface area contributed by atoms with Crippen molar-refractivity contribution in [1.82, 2.24) is 19.6 Å². The molecule has 0 saturated carbocycles. The number of carbonyl (C=O) groups is 2. The van der Waals surface area contributed by atoms with Gasteiger partial charge in [0.15, 0.2) is 10.9 Å². The Morgan fingerprint density at radius 2 is 1.79 bits per heavy atom. The average Bonchev–Trinajstić information content (AvgIpc) is 3.02. The number of hydrogen-bond acceptors (Lipinski definition) is 6. The molecule has 3 aromatic rings. The second-order valence-electron chi connectivity index (χ2n) is 7.65. The fraction of sp³-hybridized carbons (Fsp3) is 0.350. The molecule has 0 aliphatic carbocycles. The third kappa shape index (κ3) is 4.39. The Hall–Kier alpha value is -2.74. The molecule has 2 heterocycles. The third-order valence-electron chi connectivity index (χ3n) is 4.14. The number of nitrogens with zero attached hydrogens (tertiary/aromatic N) is 4. The van der Waals surface area contributed by atoms with Crippen molar-refractivity contribution in [3.63, 3.8) is 0 Å². The number of benzene rings is 1. The van der Waals surface area contributed by atoms with E-state index >= 15 is 0 Å². The van der Waals surface area contributed by atoms with Crippen molar-refractivity contribution in [3.8, 4) is 0 Å². The molecule has 7 nitrogen and oxygen atoms in total. The maximum absolute atomic E-state index is 12.5. The minimum absolute atomic E-state index is 0.0202. The first kappa shape index (κ1) is 20.0. The van der Waals surface area contributed by atoms with Gasteiger partial charge in [-0.2, -0.15) is 0 Å². The van der Waals surface area contributed by atoms with Gasteiger partial charge in [0, 0.05) is 28.1 Å². The number of aryl methyl sites for hydroxylation is 2. The van der Waals surface area contributed by atoms with E-state index < -0.39 is 5.41 Å². The molecule has 0 unspecified atom stereocenters. The van der Waals surface area contributed by atoms with Crippen LogP contribution in [0.25, 0.3) is 5.78 Å². The number of hydrogen-bond donors (Lipinski definition) is 1. The molecule has 28 heavy (non-hydrogen) atoms. The second-order valence-corrected chi connectivity index (χ2v) is 8.59. The normalized spacial score (nSPS) is 11.6. The van der Waals surface area contributed by atoms with Crippen LogP contribution in [0.15, 0.2) is 35.5 Å². The quantitative estimate of drug-likeness (QED) is 0.522. The number of thioether (sulfide) groups is 1. The van der Waals surface area contributed by atoms with Gasteiger partial charge < -0.3 is 5.32 Å². The molecule has 1 aromatic carbocycles. The van der Waals surface area contributed by atoms with Crippen LogP contribution in [-0.4, -0.2) is 37.0 Å². The highest BCUT2D eigenvalue weighted by atomic mass is 32.2. The third-order valence-corrected chi connectivity index (χ3v) is 5.07. The van der Waals surface area contributed by atoms with E-state index in [0.717, 1.165) is 11.4 Å². The molecular formula is C20H23N5O2S. The standard InChI is InChI=1S/C20H23N5O2S/c1-12-10-13(2)25-18(21-12)23-24-19(25)28-11-16(26)14-6-8-15(9-7-14)22-17(27)20(3,4)5/h6-10H,11H2,1-5H3,(H,22,27). The van der Waals surface area contributed by atoms with E-state index in [2.05, 4.69) is 20.5 Å². The zero-order valence-corrected chi connectivity index (χ0v) is 17.4. The highest BCUT2D eigenvalue weighted by Gasteiger charge is 2.21. The van der Waals surface area contributed by atoms with Crippen LogP contribution in [0.1, 0.15) is 42.5 Å². The summed E-state index contributed by atoms with van der Waals surface area (Å²) in [5.74, 6) is 0.682. The average molecular weight is 398 g/mol. The van der Waals surface area contributed by atoms with Gasteiger partial charge in [-0.05, 0) is 44.2 Å². The van der Waals surface area contributed by atoms with Gasteiger partial charge in [-0.15, -0.1) is 10.2 Å². The summed E-state index contributed by atoms with van der Waals surface area (Å²) in [7, 11) is 0. The van der Waals surface area contributed by atoms with Crippen molar-refractivity contribution < 1.29 is 9.59 Å². The number of amides is 1. The van der Waals surface area contributed by atoms with Gasteiger partial charge in [0.25, 0.3) is 5.78 Å². The fourth-order valence-electron chi connectivity index (χ4n) is 2.57. The number of nitrogens with one attached hydrogen (secondary N) is 1. The van der Waals surface area contributed by atoms with E-state index in [1.807, 2.05) is 45.1 Å². The molecule has 146 valence electrons. The lowest BCUT2D eigenvalue weighted by Gasteiger charge is -2.17. The SMILES string of the molecule is Cc1cc(C)n2c(SCC(=O)c3ccc(NC(=O)C(C)(C)C)cc3)nnc2n1. The van der Waals surface area contributed by atoms with Crippen molar-refractivity contribution in [2.45, 2.75) is 39.8 Å². The Labute approximate surface area is 168 Å². The summed E-state index contributed by atoms with van der Waals surface area (Å²) in [4.78, 5) is 28.9. The molecule has 0 aliphatic heterocycles. The Morgan fingerprint density at radius 3 is 2.43 bits per heavy atom. The van der Waals surface area contributed by atoms with Crippen LogP contribution in [-0.2, 0) is 4.79 Å². The number of fused-ring (bicyclic) bond motifs is 1. The minimum atomic E-state index is -0.475. The number of aromatic nitrogens is 4. The fourth-order valence-corrected chi connectivity index (χ4v) is 3.45. The number of ketones is 1. The van der Waals surface area contributed by atoms with E-state index in [1.54, 1.807) is 24.3 Å². The Balaban J connectivity index is 1.66.